The van der Waals surface area contributed by atoms with Gasteiger partial charge in [-0.05, 0) is 56.1 Å². The standard InChI is InChI=1S/C24H29Cl2N3O2/c1-17(28-24(31)20-7-6-8-21(25)22(20)26)23(30)27-15-18-9-11-19(12-10-18)16-29-13-4-2-3-5-14-29/h6-12,17H,2-5,13-16H2,1H3,(H,27,30)(H,28,31). The van der Waals surface area contributed by atoms with Crippen molar-refractivity contribution in [3.8, 4) is 0 Å². The molecule has 2 N–H and O–H groups in total. The molecule has 0 radical (unpaired) electrons. The van der Waals surface area contributed by atoms with E-state index in [9.17, 15) is 9.59 Å². The molecular weight excluding hydrogens is 433 g/mol. The zero-order chi connectivity index (χ0) is 22.2. The summed E-state index contributed by atoms with van der Waals surface area (Å²) in [4.78, 5) is 27.3. The van der Waals surface area contributed by atoms with Gasteiger partial charge in [-0.1, -0.05) is 66.4 Å². The number of benzene rings is 2. The van der Waals surface area contributed by atoms with Gasteiger partial charge in [-0.3, -0.25) is 14.5 Å². The van der Waals surface area contributed by atoms with E-state index in [1.54, 1.807) is 25.1 Å². The van der Waals surface area contributed by atoms with Crippen LogP contribution in [-0.2, 0) is 17.9 Å². The Morgan fingerprint density at radius 1 is 0.968 bits per heavy atom. The van der Waals surface area contributed by atoms with Gasteiger partial charge >= 0.3 is 0 Å². The second-order valence-electron chi connectivity index (χ2n) is 8.02. The molecule has 31 heavy (non-hydrogen) atoms. The molecule has 2 aromatic rings. The molecule has 1 heterocycles. The first-order valence-corrected chi connectivity index (χ1v) is 11.5. The van der Waals surface area contributed by atoms with Crippen LogP contribution in [0.25, 0.3) is 0 Å². The van der Waals surface area contributed by atoms with E-state index >= 15 is 0 Å². The lowest BCUT2D eigenvalue weighted by atomic mass is 10.1. The third-order valence-corrected chi connectivity index (χ3v) is 6.35. The largest absolute Gasteiger partial charge is 0.350 e. The second kappa shape index (κ2) is 11.5. The van der Waals surface area contributed by atoms with Gasteiger partial charge in [0.25, 0.3) is 5.91 Å². The Bertz CT molecular complexity index is 894. The molecule has 166 valence electrons. The van der Waals surface area contributed by atoms with Crippen LogP contribution in [0.15, 0.2) is 42.5 Å². The molecule has 1 saturated heterocycles. The highest BCUT2D eigenvalue weighted by Crippen LogP contribution is 2.25. The zero-order valence-corrected chi connectivity index (χ0v) is 19.3. The Morgan fingerprint density at radius 2 is 1.61 bits per heavy atom. The number of hydrogen-bond acceptors (Lipinski definition) is 3. The van der Waals surface area contributed by atoms with Crippen molar-refractivity contribution < 1.29 is 9.59 Å². The van der Waals surface area contributed by atoms with E-state index in [1.807, 2.05) is 12.1 Å². The van der Waals surface area contributed by atoms with Crippen molar-refractivity contribution in [3.63, 3.8) is 0 Å². The molecule has 5 nitrogen and oxygen atoms in total. The van der Waals surface area contributed by atoms with Crippen molar-refractivity contribution in [3.05, 3.63) is 69.2 Å². The quantitative estimate of drug-likeness (QED) is 0.621. The second-order valence-corrected chi connectivity index (χ2v) is 8.81. The van der Waals surface area contributed by atoms with Gasteiger partial charge in [0.1, 0.15) is 6.04 Å². The maximum Gasteiger partial charge on any atom is 0.253 e. The first-order chi connectivity index (χ1) is 14.9. The number of nitrogens with zero attached hydrogens (tertiary/aromatic N) is 1. The topological polar surface area (TPSA) is 61.4 Å². The van der Waals surface area contributed by atoms with Crippen LogP contribution >= 0.6 is 23.2 Å². The van der Waals surface area contributed by atoms with E-state index in [-0.39, 0.29) is 16.5 Å². The number of carbonyl (C=O) groups excluding carboxylic acids is 2. The summed E-state index contributed by atoms with van der Waals surface area (Å²) in [5.41, 5.74) is 2.55. The molecule has 1 aliphatic heterocycles. The fraction of sp³-hybridized carbons (Fsp3) is 0.417. The number of amides is 2. The minimum Gasteiger partial charge on any atom is -0.350 e. The Kier molecular flexibility index (Phi) is 8.76. The van der Waals surface area contributed by atoms with Gasteiger partial charge in [-0.2, -0.15) is 0 Å². The monoisotopic (exact) mass is 461 g/mol. The Morgan fingerprint density at radius 3 is 2.29 bits per heavy atom. The lowest BCUT2D eigenvalue weighted by Crippen LogP contribution is -2.44. The molecule has 2 aromatic carbocycles. The molecule has 7 heteroatoms. The highest BCUT2D eigenvalue weighted by atomic mass is 35.5. The first-order valence-electron chi connectivity index (χ1n) is 10.8. The predicted octanol–water partition coefficient (Wildman–Crippen LogP) is 4.80. The molecule has 1 unspecified atom stereocenters. The molecule has 0 aliphatic carbocycles. The maximum absolute atomic E-state index is 12.4. The molecule has 0 saturated carbocycles. The van der Waals surface area contributed by atoms with E-state index in [1.165, 1.54) is 44.3 Å². The smallest absolute Gasteiger partial charge is 0.253 e. The van der Waals surface area contributed by atoms with Crippen LogP contribution in [0.5, 0.6) is 0 Å². The molecular formula is C24H29Cl2N3O2. The van der Waals surface area contributed by atoms with Gasteiger partial charge in [0.2, 0.25) is 5.91 Å². The summed E-state index contributed by atoms with van der Waals surface area (Å²) in [6.45, 7) is 5.35. The number of carbonyl (C=O) groups is 2. The SMILES string of the molecule is CC(NC(=O)c1cccc(Cl)c1Cl)C(=O)NCc1ccc(CN2CCCCCC2)cc1. The van der Waals surface area contributed by atoms with Crippen LogP contribution in [0.2, 0.25) is 10.0 Å². The van der Waals surface area contributed by atoms with Crippen molar-refractivity contribution in [1.82, 2.24) is 15.5 Å². The predicted molar refractivity (Wildman–Crippen MR) is 125 cm³/mol. The molecule has 2 amide bonds. The Labute approximate surface area is 194 Å². The number of rotatable bonds is 7. The molecule has 1 aliphatic rings. The summed E-state index contributed by atoms with van der Waals surface area (Å²) in [7, 11) is 0. The Balaban J connectivity index is 1.47. The molecule has 0 aromatic heterocycles. The van der Waals surface area contributed by atoms with Crippen molar-refractivity contribution in [2.45, 2.75) is 51.7 Å². The zero-order valence-electron chi connectivity index (χ0n) is 17.8. The van der Waals surface area contributed by atoms with Gasteiger partial charge in [0, 0.05) is 13.1 Å². The summed E-state index contributed by atoms with van der Waals surface area (Å²) >= 11 is 12.0. The highest BCUT2D eigenvalue weighted by Gasteiger charge is 2.19. The van der Waals surface area contributed by atoms with Crippen molar-refractivity contribution >= 4 is 35.0 Å². The van der Waals surface area contributed by atoms with Crippen LogP contribution in [0.3, 0.4) is 0 Å². The van der Waals surface area contributed by atoms with Gasteiger partial charge in [-0.15, -0.1) is 0 Å². The van der Waals surface area contributed by atoms with Gasteiger partial charge in [0.15, 0.2) is 0 Å². The summed E-state index contributed by atoms with van der Waals surface area (Å²) in [6, 6.07) is 12.5. The van der Waals surface area contributed by atoms with Gasteiger partial charge in [-0.25, -0.2) is 0 Å². The summed E-state index contributed by atoms with van der Waals surface area (Å²) in [6.07, 6.45) is 5.23. The molecule has 3 rings (SSSR count). The van der Waals surface area contributed by atoms with E-state index in [0.29, 0.717) is 11.6 Å². The van der Waals surface area contributed by atoms with E-state index in [4.69, 9.17) is 23.2 Å². The highest BCUT2D eigenvalue weighted by molar-refractivity contribution is 6.43. The van der Waals surface area contributed by atoms with Crippen molar-refractivity contribution in [2.75, 3.05) is 13.1 Å². The minimum absolute atomic E-state index is 0.176. The molecule has 0 spiro atoms. The lowest BCUT2D eigenvalue weighted by Gasteiger charge is -2.20. The lowest BCUT2D eigenvalue weighted by molar-refractivity contribution is -0.122. The fourth-order valence-electron chi connectivity index (χ4n) is 3.68. The van der Waals surface area contributed by atoms with E-state index in [2.05, 4.69) is 27.7 Å². The molecule has 0 bridgehead atoms. The van der Waals surface area contributed by atoms with E-state index in [0.717, 1.165) is 12.1 Å². The maximum atomic E-state index is 12.4. The summed E-state index contributed by atoms with van der Waals surface area (Å²) in [5, 5.41) is 6.00. The van der Waals surface area contributed by atoms with Crippen molar-refractivity contribution in [1.29, 1.82) is 0 Å². The number of nitrogens with one attached hydrogen (secondary N) is 2. The average Bonchev–Trinajstić information content (AvgIpc) is 3.03. The fourth-order valence-corrected chi connectivity index (χ4v) is 4.06. The van der Waals surface area contributed by atoms with Crippen LogP contribution in [0.4, 0.5) is 0 Å². The van der Waals surface area contributed by atoms with E-state index < -0.39 is 11.9 Å². The van der Waals surface area contributed by atoms with Gasteiger partial charge < -0.3 is 10.6 Å². The summed E-state index contributed by atoms with van der Waals surface area (Å²) < 4.78 is 0. The third kappa shape index (κ3) is 6.96. The number of likely N-dealkylation sites (tertiary alicyclic amines) is 1. The Hall–Kier alpha value is -2.08. The average molecular weight is 462 g/mol. The van der Waals surface area contributed by atoms with Crippen LogP contribution < -0.4 is 10.6 Å². The third-order valence-electron chi connectivity index (χ3n) is 5.53. The normalized spacial score (nSPS) is 15.7. The van der Waals surface area contributed by atoms with Crippen LogP contribution in [0.1, 0.15) is 54.1 Å². The van der Waals surface area contributed by atoms with Crippen molar-refractivity contribution in [2.24, 2.45) is 0 Å². The minimum atomic E-state index is -0.704. The van der Waals surface area contributed by atoms with Crippen LogP contribution in [0, 0.1) is 0 Å². The van der Waals surface area contributed by atoms with Crippen LogP contribution in [-0.4, -0.2) is 35.8 Å². The number of hydrogen-bond donors (Lipinski definition) is 2. The first kappa shape index (κ1) is 23.6. The molecule has 1 fully saturated rings. The molecule has 1 atom stereocenters. The number of halogens is 2. The summed E-state index contributed by atoms with van der Waals surface area (Å²) in [5.74, 6) is -0.701. The van der Waals surface area contributed by atoms with Gasteiger partial charge in [0.05, 0.1) is 15.6 Å².